The Bertz CT molecular complexity index is 114. The van der Waals surface area contributed by atoms with E-state index in [0.717, 1.165) is 5.41 Å². The van der Waals surface area contributed by atoms with Crippen LogP contribution in [0.5, 0.6) is 0 Å². The average Bonchev–Trinajstić information content (AvgIpc) is 2.67. The molecular formula is C10H21N. The summed E-state index contributed by atoms with van der Waals surface area (Å²) < 4.78 is 0. The van der Waals surface area contributed by atoms with Gasteiger partial charge < -0.3 is 5.32 Å². The normalized spacial score (nSPS) is 20.7. The van der Waals surface area contributed by atoms with Gasteiger partial charge in [-0.2, -0.15) is 0 Å². The molecule has 0 heterocycles. The minimum absolute atomic E-state index is 0.657. The Hall–Kier alpha value is -0.0400. The summed E-state index contributed by atoms with van der Waals surface area (Å²) >= 11 is 0. The molecule has 0 aliphatic heterocycles. The molecule has 1 rings (SSSR count). The fourth-order valence-electron chi connectivity index (χ4n) is 1.64. The SMILES string of the molecule is CCCC1(CNC(C)C)CC1. The average molecular weight is 155 g/mol. The van der Waals surface area contributed by atoms with Gasteiger partial charge in [-0.05, 0) is 24.7 Å². The fraction of sp³-hybridized carbons (Fsp3) is 1.00. The molecule has 0 aromatic heterocycles. The van der Waals surface area contributed by atoms with Crippen LogP contribution >= 0.6 is 0 Å². The van der Waals surface area contributed by atoms with Crippen molar-refractivity contribution in [2.75, 3.05) is 6.54 Å². The molecule has 0 amide bonds. The van der Waals surface area contributed by atoms with Crippen molar-refractivity contribution in [1.82, 2.24) is 5.32 Å². The molecule has 11 heavy (non-hydrogen) atoms. The van der Waals surface area contributed by atoms with Gasteiger partial charge in [0.1, 0.15) is 0 Å². The van der Waals surface area contributed by atoms with Crippen molar-refractivity contribution in [3.8, 4) is 0 Å². The maximum absolute atomic E-state index is 3.53. The molecule has 1 aliphatic rings. The van der Waals surface area contributed by atoms with Crippen LogP contribution in [0, 0.1) is 5.41 Å². The van der Waals surface area contributed by atoms with Gasteiger partial charge in [-0.15, -0.1) is 0 Å². The van der Waals surface area contributed by atoms with Crippen LogP contribution in [0.25, 0.3) is 0 Å². The van der Waals surface area contributed by atoms with Crippen molar-refractivity contribution >= 4 is 0 Å². The minimum atomic E-state index is 0.657. The van der Waals surface area contributed by atoms with Crippen LogP contribution in [0.15, 0.2) is 0 Å². The van der Waals surface area contributed by atoms with E-state index in [4.69, 9.17) is 0 Å². The lowest BCUT2D eigenvalue weighted by Gasteiger charge is -2.16. The van der Waals surface area contributed by atoms with Crippen LogP contribution in [0.2, 0.25) is 0 Å². The van der Waals surface area contributed by atoms with Crippen LogP contribution in [0.1, 0.15) is 46.5 Å². The zero-order valence-corrected chi connectivity index (χ0v) is 8.11. The van der Waals surface area contributed by atoms with Gasteiger partial charge in [0.05, 0.1) is 0 Å². The van der Waals surface area contributed by atoms with E-state index < -0.39 is 0 Å². The smallest absolute Gasteiger partial charge is 0.00106 e. The molecule has 0 atom stereocenters. The van der Waals surface area contributed by atoms with E-state index in [2.05, 4.69) is 26.1 Å². The molecule has 66 valence electrons. The molecule has 1 aliphatic carbocycles. The maximum Gasteiger partial charge on any atom is 0.00106 e. The van der Waals surface area contributed by atoms with Crippen LogP contribution < -0.4 is 5.32 Å². The first-order valence-corrected chi connectivity index (χ1v) is 4.92. The van der Waals surface area contributed by atoms with E-state index >= 15 is 0 Å². The predicted molar refractivity (Wildman–Crippen MR) is 49.7 cm³/mol. The molecular weight excluding hydrogens is 134 g/mol. The first kappa shape index (κ1) is 9.05. The summed E-state index contributed by atoms with van der Waals surface area (Å²) in [6, 6.07) is 0.657. The van der Waals surface area contributed by atoms with Gasteiger partial charge in [0.2, 0.25) is 0 Å². The molecule has 0 aromatic carbocycles. The van der Waals surface area contributed by atoms with Crippen LogP contribution in [-0.4, -0.2) is 12.6 Å². The molecule has 0 aromatic rings. The third-order valence-electron chi connectivity index (χ3n) is 2.62. The van der Waals surface area contributed by atoms with E-state index in [-0.39, 0.29) is 0 Å². The molecule has 0 unspecified atom stereocenters. The zero-order valence-electron chi connectivity index (χ0n) is 8.11. The highest BCUT2D eigenvalue weighted by Gasteiger charge is 2.40. The molecule has 1 saturated carbocycles. The second-order valence-corrected chi connectivity index (χ2v) is 4.29. The molecule has 1 fully saturated rings. The summed E-state index contributed by atoms with van der Waals surface area (Å²) in [7, 11) is 0. The predicted octanol–water partition coefficient (Wildman–Crippen LogP) is 2.56. The Morgan fingerprint density at radius 1 is 1.36 bits per heavy atom. The molecule has 0 bridgehead atoms. The Kier molecular flexibility index (Phi) is 2.94. The second-order valence-electron chi connectivity index (χ2n) is 4.29. The van der Waals surface area contributed by atoms with Gasteiger partial charge >= 0.3 is 0 Å². The quantitative estimate of drug-likeness (QED) is 0.643. The Labute approximate surface area is 70.6 Å². The highest BCUT2D eigenvalue weighted by Crippen LogP contribution is 2.48. The summed E-state index contributed by atoms with van der Waals surface area (Å²) in [4.78, 5) is 0. The topological polar surface area (TPSA) is 12.0 Å². The maximum atomic E-state index is 3.53. The van der Waals surface area contributed by atoms with Crippen molar-refractivity contribution in [3.63, 3.8) is 0 Å². The minimum Gasteiger partial charge on any atom is -0.314 e. The summed E-state index contributed by atoms with van der Waals surface area (Å²) in [5.41, 5.74) is 0.721. The largest absolute Gasteiger partial charge is 0.314 e. The van der Waals surface area contributed by atoms with Crippen molar-refractivity contribution < 1.29 is 0 Å². The first-order chi connectivity index (χ1) is 5.18. The van der Waals surface area contributed by atoms with Crippen LogP contribution in [0.3, 0.4) is 0 Å². The summed E-state index contributed by atoms with van der Waals surface area (Å²) in [6.07, 6.45) is 5.69. The number of rotatable bonds is 5. The van der Waals surface area contributed by atoms with Gasteiger partial charge in [0, 0.05) is 12.6 Å². The van der Waals surface area contributed by atoms with Gasteiger partial charge in [0.15, 0.2) is 0 Å². The summed E-state index contributed by atoms with van der Waals surface area (Å²) in [5, 5.41) is 3.53. The van der Waals surface area contributed by atoms with Crippen molar-refractivity contribution in [1.29, 1.82) is 0 Å². The van der Waals surface area contributed by atoms with Gasteiger partial charge in [0.25, 0.3) is 0 Å². The van der Waals surface area contributed by atoms with Crippen LogP contribution in [0.4, 0.5) is 0 Å². The van der Waals surface area contributed by atoms with E-state index in [1.807, 2.05) is 0 Å². The van der Waals surface area contributed by atoms with Gasteiger partial charge in [-0.25, -0.2) is 0 Å². The van der Waals surface area contributed by atoms with Crippen molar-refractivity contribution in [2.45, 2.75) is 52.5 Å². The summed E-state index contributed by atoms with van der Waals surface area (Å²) in [5.74, 6) is 0. The standard InChI is InChI=1S/C10H21N/c1-4-5-10(6-7-10)8-11-9(2)3/h9,11H,4-8H2,1-3H3. The zero-order chi connectivity index (χ0) is 8.32. The molecule has 0 radical (unpaired) electrons. The highest BCUT2D eigenvalue weighted by molar-refractivity contribution is 4.94. The molecule has 1 N–H and O–H groups in total. The third kappa shape index (κ3) is 2.82. The number of nitrogens with one attached hydrogen (secondary N) is 1. The monoisotopic (exact) mass is 155 g/mol. The molecule has 1 heteroatoms. The van der Waals surface area contributed by atoms with E-state index in [1.165, 1.54) is 32.2 Å². The lowest BCUT2D eigenvalue weighted by atomic mass is 10.0. The Morgan fingerprint density at radius 2 is 2.00 bits per heavy atom. The number of hydrogen-bond donors (Lipinski definition) is 1. The molecule has 0 spiro atoms. The van der Waals surface area contributed by atoms with E-state index in [9.17, 15) is 0 Å². The number of hydrogen-bond acceptors (Lipinski definition) is 1. The Morgan fingerprint density at radius 3 is 2.36 bits per heavy atom. The van der Waals surface area contributed by atoms with Gasteiger partial charge in [-0.1, -0.05) is 27.2 Å². The third-order valence-corrected chi connectivity index (χ3v) is 2.62. The molecule has 1 nitrogen and oxygen atoms in total. The van der Waals surface area contributed by atoms with Gasteiger partial charge in [-0.3, -0.25) is 0 Å². The van der Waals surface area contributed by atoms with E-state index in [0.29, 0.717) is 6.04 Å². The van der Waals surface area contributed by atoms with Crippen molar-refractivity contribution in [3.05, 3.63) is 0 Å². The lowest BCUT2D eigenvalue weighted by molar-refractivity contribution is 0.402. The van der Waals surface area contributed by atoms with Crippen LogP contribution in [-0.2, 0) is 0 Å². The highest BCUT2D eigenvalue weighted by atomic mass is 14.9. The Balaban J connectivity index is 2.14. The lowest BCUT2D eigenvalue weighted by Crippen LogP contribution is -2.29. The van der Waals surface area contributed by atoms with E-state index in [1.54, 1.807) is 0 Å². The second kappa shape index (κ2) is 3.57. The first-order valence-electron chi connectivity index (χ1n) is 4.92. The van der Waals surface area contributed by atoms with Crippen molar-refractivity contribution in [2.24, 2.45) is 5.41 Å². The fourth-order valence-corrected chi connectivity index (χ4v) is 1.64. The molecule has 0 saturated heterocycles. The summed E-state index contributed by atoms with van der Waals surface area (Å²) in [6.45, 7) is 7.98.